The number of hydrogen-bond acceptors (Lipinski definition) is 2. The Morgan fingerprint density at radius 3 is 2.16 bits per heavy atom. The van der Waals surface area contributed by atoms with Crippen LogP contribution in [0.4, 0.5) is 0 Å². The van der Waals surface area contributed by atoms with E-state index in [1.165, 1.54) is 12.8 Å². The van der Waals surface area contributed by atoms with Crippen LogP contribution in [-0.4, -0.2) is 23.2 Å². The van der Waals surface area contributed by atoms with E-state index in [1.54, 1.807) is 0 Å². The molecule has 1 aliphatic rings. The fraction of sp³-hybridized carbons (Fsp3) is 0.938. The summed E-state index contributed by atoms with van der Waals surface area (Å²) in [6.45, 7) is 9.16. The molecule has 0 saturated heterocycles. The van der Waals surface area contributed by atoms with Crippen molar-refractivity contribution in [2.24, 2.45) is 17.8 Å². The van der Waals surface area contributed by atoms with Gasteiger partial charge in [0.05, 0.1) is 5.92 Å². The summed E-state index contributed by atoms with van der Waals surface area (Å²) in [5.74, 6) is 0.816. The lowest BCUT2D eigenvalue weighted by molar-refractivity contribution is -0.142. The van der Waals surface area contributed by atoms with Gasteiger partial charge in [-0.25, -0.2) is 0 Å². The maximum Gasteiger partial charge on any atom is 0.306 e. The van der Waals surface area contributed by atoms with Gasteiger partial charge in [0.25, 0.3) is 0 Å². The van der Waals surface area contributed by atoms with E-state index in [0.29, 0.717) is 12.1 Å². The molecule has 19 heavy (non-hydrogen) atoms. The number of carboxylic acid groups (broad SMARTS) is 1. The van der Waals surface area contributed by atoms with Crippen LogP contribution in [0.3, 0.4) is 0 Å². The van der Waals surface area contributed by atoms with E-state index >= 15 is 0 Å². The maximum atomic E-state index is 10.9. The van der Waals surface area contributed by atoms with Crippen molar-refractivity contribution < 1.29 is 9.90 Å². The number of carboxylic acids is 1. The third-order valence-corrected chi connectivity index (χ3v) is 4.23. The fourth-order valence-corrected chi connectivity index (χ4v) is 3.48. The minimum atomic E-state index is -0.614. The second-order valence-corrected chi connectivity index (χ2v) is 6.92. The Morgan fingerprint density at radius 1 is 1.11 bits per heavy atom. The molecular weight excluding hydrogens is 238 g/mol. The van der Waals surface area contributed by atoms with Crippen LogP contribution in [0.1, 0.15) is 66.2 Å². The second kappa shape index (κ2) is 7.88. The van der Waals surface area contributed by atoms with E-state index < -0.39 is 5.97 Å². The first-order valence-electron chi connectivity index (χ1n) is 7.87. The van der Waals surface area contributed by atoms with E-state index in [4.69, 9.17) is 5.11 Å². The van der Waals surface area contributed by atoms with E-state index in [1.807, 2.05) is 0 Å². The van der Waals surface area contributed by atoms with Crippen molar-refractivity contribution in [2.75, 3.05) is 0 Å². The smallest absolute Gasteiger partial charge is 0.306 e. The maximum absolute atomic E-state index is 10.9. The average molecular weight is 269 g/mol. The molecule has 0 aromatic heterocycles. The molecule has 1 saturated carbocycles. The van der Waals surface area contributed by atoms with Crippen LogP contribution in [0, 0.1) is 17.8 Å². The first-order valence-corrected chi connectivity index (χ1v) is 7.87. The lowest BCUT2D eigenvalue weighted by Crippen LogP contribution is -2.40. The van der Waals surface area contributed by atoms with E-state index in [9.17, 15) is 4.79 Å². The third kappa shape index (κ3) is 6.42. The van der Waals surface area contributed by atoms with Crippen molar-refractivity contribution in [1.82, 2.24) is 5.32 Å². The third-order valence-electron chi connectivity index (χ3n) is 4.23. The standard InChI is InChI=1S/C16H31NO2/c1-11(2)9-12(3)10-13(4)17-15-7-5-14(6-8-15)16(18)19/h11-15,17H,5-10H2,1-4H3,(H,18,19). The summed E-state index contributed by atoms with van der Waals surface area (Å²) in [6.07, 6.45) is 6.21. The predicted molar refractivity (Wildman–Crippen MR) is 79.2 cm³/mol. The highest BCUT2D eigenvalue weighted by atomic mass is 16.4. The fourth-order valence-electron chi connectivity index (χ4n) is 3.48. The van der Waals surface area contributed by atoms with Crippen molar-refractivity contribution in [3.05, 3.63) is 0 Å². The Hall–Kier alpha value is -0.570. The Kier molecular flexibility index (Phi) is 6.84. The molecular formula is C16H31NO2. The van der Waals surface area contributed by atoms with Gasteiger partial charge in [-0.1, -0.05) is 20.8 Å². The van der Waals surface area contributed by atoms with Crippen molar-refractivity contribution in [3.63, 3.8) is 0 Å². The number of nitrogens with one attached hydrogen (secondary N) is 1. The molecule has 0 heterocycles. The monoisotopic (exact) mass is 269 g/mol. The molecule has 0 bridgehead atoms. The minimum absolute atomic E-state index is 0.103. The van der Waals surface area contributed by atoms with Crippen LogP contribution in [0.15, 0.2) is 0 Å². The SMILES string of the molecule is CC(C)CC(C)CC(C)NC1CCC(C(=O)O)CC1. The summed E-state index contributed by atoms with van der Waals surface area (Å²) < 4.78 is 0. The summed E-state index contributed by atoms with van der Waals surface area (Å²) in [5.41, 5.74) is 0. The van der Waals surface area contributed by atoms with Crippen LogP contribution in [-0.2, 0) is 4.79 Å². The van der Waals surface area contributed by atoms with E-state index in [2.05, 4.69) is 33.0 Å². The van der Waals surface area contributed by atoms with Gasteiger partial charge in [-0.15, -0.1) is 0 Å². The molecule has 0 radical (unpaired) electrons. The molecule has 0 amide bonds. The van der Waals surface area contributed by atoms with Gasteiger partial charge in [0.15, 0.2) is 0 Å². The number of carbonyl (C=O) groups is 1. The van der Waals surface area contributed by atoms with Gasteiger partial charge in [-0.05, 0) is 57.3 Å². The van der Waals surface area contributed by atoms with Crippen LogP contribution in [0.2, 0.25) is 0 Å². The lowest BCUT2D eigenvalue weighted by Gasteiger charge is -2.30. The molecule has 0 spiro atoms. The molecule has 2 unspecified atom stereocenters. The first-order chi connectivity index (χ1) is 8.88. The highest BCUT2D eigenvalue weighted by Crippen LogP contribution is 2.25. The number of aliphatic carboxylic acids is 1. The molecule has 0 aromatic rings. The molecule has 0 aromatic carbocycles. The highest BCUT2D eigenvalue weighted by Gasteiger charge is 2.26. The van der Waals surface area contributed by atoms with Crippen molar-refractivity contribution >= 4 is 5.97 Å². The molecule has 0 aliphatic heterocycles. The number of hydrogen-bond donors (Lipinski definition) is 2. The number of rotatable bonds is 7. The van der Waals surface area contributed by atoms with E-state index in [0.717, 1.165) is 37.5 Å². The minimum Gasteiger partial charge on any atom is -0.481 e. The second-order valence-electron chi connectivity index (χ2n) is 6.92. The lowest BCUT2D eigenvalue weighted by atomic mass is 9.85. The molecule has 1 aliphatic carbocycles. The largest absolute Gasteiger partial charge is 0.481 e. The van der Waals surface area contributed by atoms with Crippen molar-refractivity contribution in [3.8, 4) is 0 Å². The van der Waals surface area contributed by atoms with Gasteiger partial charge in [0.2, 0.25) is 0 Å². The van der Waals surface area contributed by atoms with Crippen molar-refractivity contribution in [2.45, 2.75) is 78.3 Å². The quantitative estimate of drug-likeness (QED) is 0.741. The molecule has 1 rings (SSSR count). The Labute approximate surface area is 118 Å². The summed E-state index contributed by atoms with van der Waals surface area (Å²) in [4.78, 5) is 10.9. The molecule has 2 N–H and O–H groups in total. The topological polar surface area (TPSA) is 49.3 Å². The molecule has 1 fully saturated rings. The Bertz CT molecular complexity index is 270. The van der Waals surface area contributed by atoms with Gasteiger partial charge in [0.1, 0.15) is 0 Å². The first kappa shape index (κ1) is 16.5. The average Bonchev–Trinajstić information content (AvgIpc) is 2.27. The van der Waals surface area contributed by atoms with Gasteiger partial charge in [-0.3, -0.25) is 4.79 Å². The summed E-state index contributed by atoms with van der Waals surface area (Å²) in [6, 6.07) is 1.07. The molecule has 112 valence electrons. The van der Waals surface area contributed by atoms with Crippen LogP contribution < -0.4 is 5.32 Å². The van der Waals surface area contributed by atoms with Gasteiger partial charge >= 0.3 is 5.97 Å². The van der Waals surface area contributed by atoms with E-state index in [-0.39, 0.29) is 5.92 Å². The van der Waals surface area contributed by atoms with Gasteiger partial charge < -0.3 is 10.4 Å². The summed E-state index contributed by atoms with van der Waals surface area (Å²) in [5, 5.41) is 12.7. The Morgan fingerprint density at radius 2 is 1.68 bits per heavy atom. The normalized spacial score (nSPS) is 27.2. The summed E-state index contributed by atoms with van der Waals surface area (Å²) >= 11 is 0. The molecule has 3 nitrogen and oxygen atoms in total. The zero-order chi connectivity index (χ0) is 14.4. The Balaban J connectivity index is 2.23. The summed E-state index contributed by atoms with van der Waals surface area (Å²) in [7, 11) is 0. The predicted octanol–water partition coefficient (Wildman–Crippen LogP) is 3.68. The van der Waals surface area contributed by atoms with Crippen LogP contribution in [0.5, 0.6) is 0 Å². The van der Waals surface area contributed by atoms with Crippen molar-refractivity contribution in [1.29, 1.82) is 0 Å². The molecule has 2 atom stereocenters. The van der Waals surface area contributed by atoms with Crippen LogP contribution in [0.25, 0.3) is 0 Å². The highest BCUT2D eigenvalue weighted by molar-refractivity contribution is 5.70. The zero-order valence-corrected chi connectivity index (χ0v) is 13.0. The van der Waals surface area contributed by atoms with Gasteiger partial charge in [0, 0.05) is 12.1 Å². The molecule has 3 heteroatoms. The van der Waals surface area contributed by atoms with Crippen LogP contribution >= 0.6 is 0 Å². The van der Waals surface area contributed by atoms with Gasteiger partial charge in [-0.2, -0.15) is 0 Å². The zero-order valence-electron chi connectivity index (χ0n) is 13.0.